The molecule has 25 heavy (non-hydrogen) atoms. The first kappa shape index (κ1) is 19.2. The SMILES string of the molecule is C#Cc1ccc(C)cc1CC(=O)CC1(C(=O)OC)CCN(OC)CC1. The van der Waals surface area contributed by atoms with Crippen molar-refractivity contribution in [3.8, 4) is 12.3 Å². The molecule has 0 unspecified atom stereocenters. The highest BCUT2D eigenvalue weighted by molar-refractivity contribution is 5.88. The van der Waals surface area contributed by atoms with Crippen LogP contribution in [0.25, 0.3) is 0 Å². The molecular formula is C20H25NO4. The van der Waals surface area contributed by atoms with E-state index in [4.69, 9.17) is 16.0 Å². The van der Waals surface area contributed by atoms with E-state index in [9.17, 15) is 9.59 Å². The summed E-state index contributed by atoms with van der Waals surface area (Å²) < 4.78 is 4.99. The summed E-state index contributed by atoms with van der Waals surface area (Å²) in [6.45, 7) is 3.16. The number of esters is 1. The molecule has 0 aromatic heterocycles. The monoisotopic (exact) mass is 343 g/mol. The predicted molar refractivity (Wildman–Crippen MR) is 94.7 cm³/mol. The van der Waals surface area contributed by atoms with Crippen LogP contribution in [0.15, 0.2) is 18.2 Å². The summed E-state index contributed by atoms with van der Waals surface area (Å²) in [5.74, 6) is 2.30. The minimum atomic E-state index is -0.777. The van der Waals surface area contributed by atoms with Crippen molar-refractivity contribution in [2.45, 2.75) is 32.6 Å². The lowest BCUT2D eigenvalue weighted by Crippen LogP contribution is -2.45. The fourth-order valence-electron chi connectivity index (χ4n) is 3.43. The first-order chi connectivity index (χ1) is 11.9. The number of methoxy groups -OCH3 is 1. The molecule has 1 heterocycles. The quantitative estimate of drug-likeness (QED) is 0.586. The van der Waals surface area contributed by atoms with E-state index in [2.05, 4.69) is 5.92 Å². The third kappa shape index (κ3) is 4.47. The summed E-state index contributed by atoms with van der Waals surface area (Å²) >= 11 is 0. The van der Waals surface area contributed by atoms with Gasteiger partial charge in [0.2, 0.25) is 0 Å². The summed E-state index contributed by atoms with van der Waals surface area (Å²) in [5.41, 5.74) is 1.83. The number of piperidine rings is 1. The number of ketones is 1. The molecule has 0 aliphatic carbocycles. The van der Waals surface area contributed by atoms with Gasteiger partial charge in [-0.2, -0.15) is 5.06 Å². The summed E-state index contributed by atoms with van der Waals surface area (Å²) in [4.78, 5) is 30.3. The normalized spacial score (nSPS) is 16.9. The Labute approximate surface area is 149 Å². The Morgan fingerprint density at radius 2 is 1.96 bits per heavy atom. The van der Waals surface area contributed by atoms with E-state index in [-0.39, 0.29) is 24.6 Å². The van der Waals surface area contributed by atoms with Crippen LogP contribution in [0.1, 0.15) is 36.0 Å². The maximum Gasteiger partial charge on any atom is 0.312 e. The highest BCUT2D eigenvalue weighted by Crippen LogP contribution is 2.37. The maximum absolute atomic E-state index is 12.7. The predicted octanol–water partition coefficient (Wildman–Crippen LogP) is 2.29. The van der Waals surface area contributed by atoms with Crippen LogP contribution >= 0.6 is 0 Å². The van der Waals surface area contributed by atoms with Gasteiger partial charge in [-0.1, -0.05) is 23.6 Å². The van der Waals surface area contributed by atoms with Gasteiger partial charge in [-0.3, -0.25) is 9.59 Å². The number of hydroxylamine groups is 2. The molecule has 1 fully saturated rings. The number of carbonyl (C=O) groups excluding carboxylic acids is 2. The van der Waals surface area contributed by atoms with Gasteiger partial charge in [0.15, 0.2) is 0 Å². The Balaban J connectivity index is 2.14. The fraction of sp³-hybridized carbons (Fsp3) is 0.500. The van der Waals surface area contributed by atoms with E-state index in [0.717, 1.165) is 16.7 Å². The van der Waals surface area contributed by atoms with Crippen LogP contribution in [0.4, 0.5) is 0 Å². The second kappa shape index (κ2) is 8.28. The zero-order chi connectivity index (χ0) is 18.4. The lowest BCUT2D eigenvalue weighted by molar-refractivity contribution is -0.179. The van der Waals surface area contributed by atoms with Gasteiger partial charge >= 0.3 is 5.97 Å². The first-order valence-corrected chi connectivity index (χ1v) is 8.39. The molecule has 1 aliphatic heterocycles. The first-order valence-electron chi connectivity index (χ1n) is 8.39. The second-order valence-electron chi connectivity index (χ2n) is 6.58. The van der Waals surface area contributed by atoms with Crippen LogP contribution in [-0.4, -0.2) is 44.1 Å². The number of hydrogen-bond donors (Lipinski definition) is 0. The molecule has 5 nitrogen and oxygen atoms in total. The molecule has 1 aromatic carbocycles. The number of aryl methyl sites for hydroxylation is 1. The summed E-state index contributed by atoms with van der Waals surface area (Å²) in [6.07, 6.45) is 7.00. The van der Waals surface area contributed by atoms with Gasteiger partial charge < -0.3 is 9.57 Å². The molecule has 0 bridgehead atoms. The van der Waals surface area contributed by atoms with Crippen LogP contribution in [-0.2, 0) is 25.6 Å². The summed E-state index contributed by atoms with van der Waals surface area (Å²) in [7, 11) is 2.98. The molecule has 1 saturated heterocycles. The Morgan fingerprint density at radius 3 is 2.52 bits per heavy atom. The third-order valence-electron chi connectivity index (χ3n) is 4.90. The minimum Gasteiger partial charge on any atom is -0.469 e. The number of hydrogen-bond acceptors (Lipinski definition) is 5. The van der Waals surface area contributed by atoms with E-state index in [1.54, 1.807) is 12.2 Å². The highest BCUT2D eigenvalue weighted by Gasteiger charge is 2.44. The number of Topliss-reactive ketones (excluding diaryl/α,β-unsaturated/α-hetero) is 1. The smallest absolute Gasteiger partial charge is 0.312 e. The molecule has 0 spiro atoms. The van der Waals surface area contributed by atoms with Crippen molar-refractivity contribution in [3.63, 3.8) is 0 Å². The molecule has 5 heteroatoms. The van der Waals surface area contributed by atoms with Crippen LogP contribution in [0.2, 0.25) is 0 Å². The molecule has 1 aromatic rings. The molecule has 0 saturated carbocycles. The standard InChI is InChI=1S/C20H25NO4/c1-5-16-7-6-15(2)12-17(16)13-18(22)14-20(19(23)24-3)8-10-21(25-4)11-9-20/h1,6-7,12H,8-11,13-14H2,2-4H3. The molecule has 134 valence electrons. The average molecular weight is 343 g/mol. The van der Waals surface area contributed by atoms with Gasteiger partial charge in [0.1, 0.15) is 5.78 Å². The topological polar surface area (TPSA) is 55.8 Å². The number of ether oxygens (including phenoxy) is 1. The van der Waals surface area contributed by atoms with Gasteiger partial charge in [0, 0.05) is 31.5 Å². The third-order valence-corrected chi connectivity index (χ3v) is 4.90. The van der Waals surface area contributed by atoms with Crippen molar-refractivity contribution in [1.82, 2.24) is 5.06 Å². The largest absolute Gasteiger partial charge is 0.469 e. The van der Waals surface area contributed by atoms with Crippen molar-refractivity contribution < 1.29 is 19.2 Å². The Kier molecular flexibility index (Phi) is 6.35. The minimum absolute atomic E-state index is 0.00151. The van der Waals surface area contributed by atoms with Gasteiger partial charge in [-0.05, 0) is 31.4 Å². The molecule has 2 rings (SSSR count). The zero-order valence-corrected chi connectivity index (χ0v) is 15.1. The molecule has 0 atom stereocenters. The molecule has 0 N–H and O–H groups in total. The van der Waals surface area contributed by atoms with Crippen molar-refractivity contribution in [2.24, 2.45) is 5.41 Å². The highest BCUT2D eigenvalue weighted by atomic mass is 16.7. The molecule has 0 radical (unpaired) electrons. The molecule has 0 amide bonds. The zero-order valence-electron chi connectivity index (χ0n) is 15.1. The number of rotatable bonds is 6. The van der Waals surface area contributed by atoms with Crippen molar-refractivity contribution >= 4 is 11.8 Å². The second-order valence-corrected chi connectivity index (χ2v) is 6.58. The van der Waals surface area contributed by atoms with E-state index in [0.29, 0.717) is 25.9 Å². The van der Waals surface area contributed by atoms with Gasteiger partial charge in [0.05, 0.1) is 19.6 Å². The van der Waals surface area contributed by atoms with Gasteiger partial charge in [0.25, 0.3) is 0 Å². The van der Waals surface area contributed by atoms with Crippen LogP contribution in [0.3, 0.4) is 0 Å². The van der Waals surface area contributed by atoms with E-state index in [1.807, 2.05) is 25.1 Å². The van der Waals surface area contributed by atoms with Crippen molar-refractivity contribution in [3.05, 3.63) is 34.9 Å². The summed E-state index contributed by atoms with van der Waals surface area (Å²) in [6, 6.07) is 5.72. The number of carbonyl (C=O) groups is 2. The van der Waals surface area contributed by atoms with E-state index >= 15 is 0 Å². The fourth-order valence-corrected chi connectivity index (χ4v) is 3.43. The number of nitrogens with zero attached hydrogens (tertiary/aromatic N) is 1. The van der Waals surface area contributed by atoms with Crippen LogP contribution < -0.4 is 0 Å². The van der Waals surface area contributed by atoms with Crippen molar-refractivity contribution in [2.75, 3.05) is 27.3 Å². The van der Waals surface area contributed by atoms with Crippen LogP contribution in [0, 0.1) is 24.7 Å². The lowest BCUT2D eigenvalue weighted by atomic mass is 9.74. The van der Waals surface area contributed by atoms with Gasteiger partial charge in [-0.15, -0.1) is 6.42 Å². The van der Waals surface area contributed by atoms with Gasteiger partial charge in [-0.25, -0.2) is 0 Å². The summed E-state index contributed by atoms with van der Waals surface area (Å²) in [5, 5.41) is 1.79. The van der Waals surface area contributed by atoms with Crippen molar-refractivity contribution in [1.29, 1.82) is 0 Å². The molecular weight excluding hydrogens is 318 g/mol. The average Bonchev–Trinajstić information content (AvgIpc) is 2.61. The number of terminal acetylenes is 1. The number of benzene rings is 1. The van der Waals surface area contributed by atoms with E-state index < -0.39 is 5.41 Å². The van der Waals surface area contributed by atoms with Crippen LogP contribution in [0.5, 0.6) is 0 Å². The lowest BCUT2D eigenvalue weighted by Gasteiger charge is -2.38. The molecule has 1 aliphatic rings. The maximum atomic E-state index is 12.7. The van der Waals surface area contributed by atoms with E-state index in [1.165, 1.54) is 7.11 Å². The Bertz CT molecular complexity index is 681. The Morgan fingerprint density at radius 1 is 1.28 bits per heavy atom. The Hall–Kier alpha value is -2.16.